The first kappa shape index (κ1) is 18.9. The molecule has 1 amide bonds. The minimum Gasteiger partial charge on any atom is -0.342 e. The van der Waals surface area contributed by atoms with Gasteiger partial charge < -0.3 is 9.47 Å². The Kier molecular flexibility index (Phi) is 6.33. The summed E-state index contributed by atoms with van der Waals surface area (Å²) >= 11 is 0. The Balaban J connectivity index is 1.60. The molecule has 4 nitrogen and oxygen atoms in total. The molecule has 1 aliphatic heterocycles. The number of likely N-dealkylation sites (tertiary alicyclic amines) is 1. The molecule has 4 heteroatoms. The lowest BCUT2D eigenvalue weighted by Gasteiger charge is -2.34. The van der Waals surface area contributed by atoms with Crippen molar-refractivity contribution in [3.05, 3.63) is 30.1 Å². The van der Waals surface area contributed by atoms with E-state index in [-0.39, 0.29) is 5.92 Å². The van der Waals surface area contributed by atoms with E-state index >= 15 is 0 Å². The van der Waals surface area contributed by atoms with Crippen molar-refractivity contribution in [2.24, 2.45) is 11.8 Å². The molecule has 142 valence electrons. The molecule has 0 unspecified atom stereocenters. The van der Waals surface area contributed by atoms with Crippen molar-refractivity contribution in [2.75, 3.05) is 13.1 Å². The molecule has 0 N–H and O–H groups in total. The van der Waals surface area contributed by atoms with Crippen LogP contribution in [0.4, 0.5) is 0 Å². The standard InChI is InChI=1S/C22H33N3O/c1-4-8-19(9-5-2)22(26)24-14-12-18(13-15-24)16-25-17(3)23-20-10-6-7-11-21(20)25/h6-7,10-11,18-19H,4-5,8-9,12-16H2,1-3H3. The average molecular weight is 356 g/mol. The number of carbonyl (C=O) groups is 1. The van der Waals surface area contributed by atoms with Gasteiger partial charge in [-0.2, -0.15) is 0 Å². The average Bonchev–Trinajstić information content (AvgIpc) is 2.97. The Morgan fingerprint density at radius 3 is 2.46 bits per heavy atom. The van der Waals surface area contributed by atoms with E-state index in [1.807, 2.05) is 6.07 Å². The molecule has 1 saturated heterocycles. The molecule has 0 radical (unpaired) electrons. The fourth-order valence-corrected chi connectivity index (χ4v) is 4.37. The normalized spacial score (nSPS) is 15.9. The molecule has 1 aromatic carbocycles. The Bertz CT molecular complexity index is 722. The number of hydrogen-bond acceptors (Lipinski definition) is 2. The van der Waals surface area contributed by atoms with Gasteiger partial charge in [-0.1, -0.05) is 38.8 Å². The highest BCUT2D eigenvalue weighted by atomic mass is 16.2. The number of aromatic nitrogens is 2. The highest BCUT2D eigenvalue weighted by Gasteiger charge is 2.27. The number of piperidine rings is 1. The number of para-hydroxylation sites is 2. The third kappa shape index (κ3) is 4.11. The second kappa shape index (κ2) is 8.70. The van der Waals surface area contributed by atoms with Gasteiger partial charge in [0.25, 0.3) is 0 Å². The summed E-state index contributed by atoms with van der Waals surface area (Å²) in [5, 5.41) is 0. The fourth-order valence-electron chi connectivity index (χ4n) is 4.37. The zero-order valence-electron chi connectivity index (χ0n) is 16.6. The topological polar surface area (TPSA) is 38.1 Å². The first-order chi connectivity index (χ1) is 12.6. The van der Waals surface area contributed by atoms with Crippen molar-refractivity contribution in [1.29, 1.82) is 0 Å². The van der Waals surface area contributed by atoms with Crippen LogP contribution in [0.3, 0.4) is 0 Å². The molecule has 1 aliphatic rings. The molecule has 2 heterocycles. The predicted octanol–water partition coefficient (Wildman–Crippen LogP) is 4.80. The van der Waals surface area contributed by atoms with Gasteiger partial charge in [0.15, 0.2) is 0 Å². The smallest absolute Gasteiger partial charge is 0.225 e. The van der Waals surface area contributed by atoms with Crippen LogP contribution in [0.1, 0.15) is 58.2 Å². The Labute approximate surface area is 157 Å². The van der Waals surface area contributed by atoms with Gasteiger partial charge in [-0.25, -0.2) is 4.98 Å². The van der Waals surface area contributed by atoms with Gasteiger partial charge in [-0.05, 0) is 50.7 Å². The van der Waals surface area contributed by atoms with E-state index in [0.29, 0.717) is 11.8 Å². The van der Waals surface area contributed by atoms with Crippen molar-refractivity contribution >= 4 is 16.9 Å². The molecule has 3 rings (SSSR count). The van der Waals surface area contributed by atoms with Gasteiger partial charge in [-0.3, -0.25) is 4.79 Å². The maximum absolute atomic E-state index is 12.8. The summed E-state index contributed by atoms with van der Waals surface area (Å²) in [6.07, 6.45) is 6.46. The van der Waals surface area contributed by atoms with Crippen LogP contribution in [0, 0.1) is 18.8 Å². The SMILES string of the molecule is CCCC(CCC)C(=O)N1CCC(Cn2c(C)nc3ccccc32)CC1. The van der Waals surface area contributed by atoms with Crippen LogP contribution in [0.15, 0.2) is 24.3 Å². The number of rotatable bonds is 7. The Morgan fingerprint density at radius 1 is 1.15 bits per heavy atom. The monoisotopic (exact) mass is 355 g/mol. The summed E-state index contributed by atoms with van der Waals surface area (Å²) in [5.74, 6) is 2.36. The number of amides is 1. The van der Waals surface area contributed by atoms with E-state index in [2.05, 4.69) is 53.4 Å². The third-order valence-corrected chi connectivity index (χ3v) is 5.84. The van der Waals surface area contributed by atoms with Gasteiger partial charge in [0, 0.05) is 25.6 Å². The summed E-state index contributed by atoms with van der Waals surface area (Å²) in [4.78, 5) is 19.7. The van der Waals surface area contributed by atoms with Crippen LogP contribution < -0.4 is 0 Å². The summed E-state index contributed by atoms with van der Waals surface area (Å²) < 4.78 is 2.36. The Hall–Kier alpha value is -1.84. The van der Waals surface area contributed by atoms with E-state index in [0.717, 1.165) is 69.5 Å². The molecule has 0 aliphatic carbocycles. The second-order valence-electron chi connectivity index (χ2n) is 7.80. The molecule has 0 bridgehead atoms. The van der Waals surface area contributed by atoms with Crippen molar-refractivity contribution in [2.45, 2.75) is 65.8 Å². The largest absolute Gasteiger partial charge is 0.342 e. The fraction of sp³-hybridized carbons (Fsp3) is 0.636. The zero-order chi connectivity index (χ0) is 18.5. The minimum atomic E-state index is 0.237. The molecular formula is C22H33N3O. The van der Waals surface area contributed by atoms with Crippen molar-refractivity contribution in [1.82, 2.24) is 14.5 Å². The maximum atomic E-state index is 12.8. The lowest BCUT2D eigenvalue weighted by atomic mass is 9.92. The van der Waals surface area contributed by atoms with Crippen LogP contribution in [0.25, 0.3) is 11.0 Å². The predicted molar refractivity (Wildman–Crippen MR) is 107 cm³/mol. The number of imidazole rings is 1. The van der Waals surface area contributed by atoms with Gasteiger partial charge in [-0.15, -0.1) is 0 Å². The van der Waals surface area contributed by atoms with E-state index in [1.54, 1.807) is 0 Å². The molecule has 2 aromatic rings. The first-order valence-electron chi connectivity index (χ1n) is 10.3. The van der Waals surface area contributed by atoms with Crippen LogP contribution in [0.2, 0.25) is 0 Å². The molecule has 0 atom stereocenters. The number of hydrogen-bond donors (Lipinski definition) is 0. The van der Waals surface area contributed by atoms with Gasteiger partial charge >= 0.3 is 0 Å². The summed E-state index contributed by atoms with van der Waals surface area (Å²) in [6.45, 7) is 9.30. The summed E-state index contributed by atoms with van der Waals surface area (Å²) in [5.41, 5.74) is 2.31. The van der Waals surface area contributed by atoms with Crippen molar-refractivity contribution in [3.8, 4) is 0 Å². The summed E-state index contributed by atoms with van der Waals surface area (Å²) in [6, 6.07) is 8.38. The molecule has 0 saturated carbocycles. The number of aryl methyl sites for hydroxylation is 1. The number of fused-ring (bicyclic) bond motifs is 1. The van der Waals surface area contributed by atoms with Crippen molar-refractivity contribution in [3.63, 3.8) is 0 Å². The zero-order valence-corrected chi connectivity index (χ0v) is 16.6. The number of carbonyl (C=O) groups excluding carboxylic acids is 1. The maximum Gasteiger partial charge on any atom is 0.225 e. The third-order valence-electron chi connectivity index (χ3n) is 5.84. The van der Waals surface area contributed by atoms with Crippen LogP contribution in [0.5, 0.6) is 0 Å². The number of nitrogens with zero attached hydrogens (tertiary/aromatic N) is 3. The lowest BCUT2D eigenvalue weighted by molar-refractivity contribution is -0.137. The molecule has 1 fully saturated rings. The van der Waals surface area contributed by atoms with Gasteiger partial charge in [0.05, 0.1) is 11.0 Å². The molecule has 0 spiro atoms. The lowest BCUT2D eigenvalue weighted by Crippen LogP contribution is -2.42. The van der Waals surface area contributed by atoms with E-state index in [4.69, 9.17) is 0 Å². The van der Waals surface area contributed by atoms with Crippen LogP contribution in [-0.2, 0) is 11.3 Å². The quantitative estimate of drug-likeness (QED) is 0.715. The molecular weight excluding hydrogens is 322 g/mol. The first-order valence-corrected chi connectivity index (χ1v) is 10.3. The Morgan fingerprint density at radius 2 is 1.81 bits per heavy atom. The highest BCUT2D eigenvalue weighted by Crippen LogP contribution is 2.25. The van der Waals surface area contributed by atoms with Crippen molar-refractivity contribution < 1.29 is 4.79 Å². The van der Waals surface area contributed by atoms with Crippen LogP contribution in [-0.4, -0.2) is 33.4 Å². The highest BCUT2D eigenvalue weighted by molar-refractivity contribution is 5.79. The summed E-state index contributed by atoms with van der Waals surface area (Å²) in [7, 11) is 0. The van der Waals surface area contributed by atoms with E-state index in [1.165, 1.54) is 5.52 Å². The molecule has 26 heavy (non-hydrogen) atoms. The molecule has 1 aromatic heterocycles. The van der Waals surface area contributed by atoms with Crippen LogP contribution >= 0.6 is 0 Å². The van der Waals surface area contributed by atoms with E-state index in [9.17, 15) is 4.79 Å². The van der Waals surface area contributed by atoms with E-state index < -0.39 is 0 Å². The second-order valence-corrected chi connectivity index (χ2v) is 7.80. The number of benzene rings is 1. The minimum absolute atomic E-state index is 0.237. The van der Waals surface area contributed by atoms with Gasteiger partial charge in [0.1, 0.15) is 5.82 Å². The van der Waals surface area contributed by atoms with Gasteiger partial charge in [0.2, 0.25) is 5.91 Å².